The van der Waals surface area contributed by atoms with Crippen LogP contribution in [0, 0.1) is 0 Å². The number of hydrogen-bond donors (Lipinski definition) is 1. The minimum absolute atomic E-state index is 0.00444. The third-order valence-electron chi connectivity index (χ3n) is 1.37. The molecule has 0 saturated heterocycles. The third kappa shape index (κ3) is 1.41. The summed E-state index contributed by atoms with van der Waals surface area (Å²) in [7, 11) is 0. The first-order valence-corrected chi connectivity index (χ1v) is 4.19. The van der Waals surface area contributed by atoms with E-state index in [1.165, 1.54) is 28.4 Å². The van der Waals surface area contributed by atoms with Gasteiger partial charge in [0.25, 0.3) is 0 Å². The smallest absolute Gasteiger partial charge is 0.356 e. The van der Waals surface area contributed by atoms with Gasteiger partial charge in [-0.1, -0.05) is 11.3 Å². The second-order valence-electron chi connectivity index (χ2n) is 2.19. The number of imidazole rings is 1. The SMILES string of the molecule is O=C(O)c1cn(-c2nncs2)cn1. The molecule has 7 heteroatoms. The van der Waals surface area contributed by atoms with Crippen molar-refractivity contribution in [1.29, 1.82) is 0 Å². The molecular weight excluding hydrogens is 192 g/mol. The van der Waals surface area contributed by atoms with Gasteiger partial charge in [-0.05, 0) is 0 Å². The Kier molecular flexibility index (Phi) is 1.78. The first-order valence-electron chi connectivity index (χ1n) is 3.31. The van der Waals surface area contributed by atoms with Crippen LogP contribution in [-0.4, -0.2) is 30.8 Å². The van der Waals surface area contributed by atoms with E-state index in [1.54, 1.807) is 5.51 Å². The Bertz CT molecular complexity index is 422. The zero-order valence-electron chi connectivity index (χ0n) is 6.28. The zero-order valence-corrected chi connectivity index (χ0v) is 7.10. The van der Waals surface area contributed by atoms with Crippen molar-refractivity contribution >= 4 is 17.3 Å². The highest BCUT2D eigenvalue weighted by Crippen LogP contribution is 2.09. The van der Waals surface area contributed by atoms with Gasteiger partial charge in [-0.15, -0.1) is 10.2 Å². The summed E-state index contributed by atoms with van der Waals surface area (Å²) in [5.41, 5.74) is 1.56. The monoisotopic (exact) mass is 196 g/mol. The van der Waals surface area contributed by atoms with Crippen molar-refractivity contribution in [3.05, 3.63) is 23.7 Å². The average molecular weight is 196 g/mol. The number of carbonyl (C=O) groups is 1. The second kappa shape index (κ2) is 2.94. The van der Waals surface area contributed by atoms with Crippen LogP contribution in [-0.2, 0) is 0 Å². The molecule has 1 N–H and O–H groups in total. The van der Waals surface area contributed by atoms with Crippen molar-refractivity contribution in [2.24, 2.45) is 0 Å². The van der Waals surface area contributed by atoms with Crippen LogP contribution in [0.15, 0.2) is 18.0 Å². The molecule has 0 aromatic carbocycles. The number of aromatic carboxylic acids is 1. The van der Waals surface area contributed by atoms with Crippen molar-refractivity contribution < 1.29 is 9.90 Å². The molecule has 13 heavy (non-hydrogen) atoms. The van der Waals surface area contributed by atoms with Crippen LogP contribution in [0.3, 0.4) is 0 Å². The predicted molar refractivity (Wildman–Crippen MR) is 44.0 cm³/mol. The molecule has 0 aliphatic rings. The minimum Gasteiger partial charge on any atom is -0.476 e. The van der Waals surface area contributed by atoms with Gasteiger partial charge in [-0.2, -0.15) is 0 Å². The van der Waals surface area contributed by atoms with E-state index < -0.39 is 5.97 Å². The maximum absolute atomic E-state index is 10.5. The molecular formula is C6H4N4O2S. The Morgan fingerprint density at radius 1 is 1.62 bits per heavy atom. The van der Waals surface area contributed by atoms with E-state index in [0.717, 1.165) is 0 Å². The van der Waals surface area contributed by atoms with Gasteiger partial charge in [0.05, 0.1) is 0 Å². The number of carboxylic acid groups (broad SMARTS) is 1. The van der Waals surface area contributed by atoms with Crippen molar-refractivity contribution in [2.45, 2.75) is 0 Å². The lowest BCUT2D eigenvalue weighted by Gasteiger charge is -1.89. The summed E-state index contributed by atoms with van der Waals surface area (Å²) in [6.07, 6.45) is 2.78. The Morgan fingerprint density at radius 3 is 3.00 bits per heavy atom. The normalized spacial score (nSPS) is 10.2. The molecule has 0 unspecified atom stereocenters. The Labute approximate surface area is 76.5 Å². The lowest BCUT2D eigenvalue weighted by Crippen LogP contribution is -1.95. The summed E-state index contributed by atoms with van der Waals surface area (Å²) >= 11 is 1.31. The van der Waals surface area contributed by atoms with E-state index in [9.17, 15) is 4.79 Å². The standard InChI is InChI=1S/C6H4N4O2S/c11-5(12)4-1-10(2-7-4)6-9-8-3-13-6/h1-3H,(H,11,12). The largest absolute Gasteiger partial charge is 0.476 e. The van der Waals surface area contributed by atoms with Crippen molar-refractivity contribution in [3.63, 3.8) is 0 Å². The first kappa shape index (κ1) is 7.87. The van der Waals surface area contributed by atoms with Gasteiger partial charge in [-0.3, -0.25) is 4.57 Å². The van der Waals surface area contributed by atoms with Gasteiger partial charge >= 0.3 is 5.97 Å². The topological polar surface area (TPSA) is 80.9 Å². The summed E-state index contributed by atoms with van der Waals surface area (Å²) < 4.78 is 1.52. The zero-order chi connectivity index (χ0) is 9.26. The van der Waals surface area contributed by atoms with E-state index in [0.29, 0.717) is 5.13 Å². The summed E-state index contributed by atoms with van der Waals surface area (Å²) in [4.78, 5) is 14.1. The van der Waals surface area contributed by atoms with Crippen LogP contribution in [0.5, 0.6) is 0 Å². The molecule has 0 atom stereocenters. The van der Waals surface area contributed by atoms with Crippen molar-refractivity contribution in [3.8, 4) is 5.13 Å². The fraction of sp³-hybridized carbons (Fsp3) is 0. The molecule has 2 aromatic rings. The van der Waals surface area contributed by atoms with Crippen LogP contribution in [0.4, 0.5) is 0 Å². The molecule has 6 nitrogen and oxygen atoms in total. The van der Waals surface area contributed by atoms with Crippen LogP contribution >= 0.6 is 11.3 Å². The third-order valence-corrected chi connectivity index (χ3v) is 2.07. The number of nitrogens with zero attached hydrogens (tertiary/aromatic N) is 4. The summed E-state index contributed by atoms with van der Waals surface area (Å²) in [6, 6.07) is 0. The van der Waals surface area contributed by atoms with E-state index in [4.69, 9.17) is 5.11 Å². The Hall–Kier alpha value is -1.76. The Morgan fingerprint density at radius 2 is 2.46 bits per heavy atom. The minimum atomic E-state index is -1.05. The van der Waals surface area contributed by atoms with Crippen LogP contribution in [0.1, 0.15) is 10.5 Å². The lowest BCUT2D eigenvalue weighted by molar-refractivity contribution is 0.0691. The second-order valence-corrected chi connectivity index (χ2v) is 3.00. The van der Waals surface area contributed by atoms with E-state index in [2.05, 4.69) is 15.2 Å². The van der Waals surface area contributed by atoms with E-state index >= 15 is 0 Å². The number of aromatic nitrogens is 4. The predicted octanol–water partition coefficient (Wildman–Crippen LogP) is 0.422. The highest BCUT2D eigenvalue weighted by atomic mass is 32.1. The van der Waals surface area contributed by atoms with Gasteiger partial charge in [0.2, 0.25) is 5.13 Å². The van der Waals surface area contributed by atoms with E-state index in [-0.39, 0.29) is 5.69 Å². The maximum Gasteiger partial charge on any atom is 0.356 e. The van der Waals surface area contributed by atoms with E-state index in [1.807, 2.05) is 0 Å². The summed E-state index contributed by atoms with van der Waals surface area (Å²) in [5, 5.41) is 16.6. The van der Waals surface area contributed by atoms with Gasteiger partial charge in [0.1, 0.15) is 11.8 Å². The quantitative estimate of drug-likeness (QED) is 0.752. The molecule has 2 heterocycles. The van der Waals surface area contributed by atoms with Crippen LogP contribution < -0.4 is 0 Å². The molecule has 0 radical (unpaired) electrons. The van der Waals surface area contributed by atoms with Gasteiger partial charge in [0.15, 0.2) is 5.69 Å². The van der Waals surface area contributed by atoms with Crippen LogP contribution in [0.25, 0.3) is 5.13 Å². The molecule has 0 aliphatic carbocycles. The van der Waals surface area contributed by atoms with Crippen molar-refractivity contribution in [1.82, 2.24) is 19.7 Å². The molecule has 0 bridgehead atoms. The van der Waals surface area contributed by atoms with Gasteiger partial charge in [0, 0.05) is 6.20 Å². The number of hydrogen-bond acceptors (Lipinski definition) is 5. The fourth-order valence-electron chi connectivity index (χ4n) is 0.818. The first-order chi connectivity index (χ1) is 6.27. The van der Waals surface area contributed by atoms with Crippen LogP contribution in [0.2, 0.25) is 0 Å². The molecule has 0 amide bonds. The highest BCUT2D eigenvalue weighted by molar-refractivity contribution is 7.11. The van der Waals surface area contributed by atoms with Gasteiger partial charge < -0.3 is 5.11 Å². The van der Waals surface area contributed by atoms with Gasteiger partial charge in [-0.25, -0.2) is 9.78 Å². The fourth-order valence-corrected chi connectivity index (χ4v) is 1.32. The number of carboxylic acids is 1. The summed E-state index contributed by atoms with van der Waals surface area (Å²) in [6.45, 7) is 0. The molecule has 2 aromatic heterocycles. The number of rotatable bonds is 2. The molecule has 2 rings (SSSR count). The lowest BCUT2D eigenvalue weighted by atomic mass is 10.5. The summed E-state index contributed by atoms with van der Waals surface area (Å²) in [5.74, 6) is -1.05. The molecule has 66 valence electrons. The average Bonchev–Trinajstić information content (AvgIpc) is 2.75. The molecule has 0 fully saturated rings. The Balaban J connectivity index is 2.39. The van der Waals surface area contributed by atoms with Crippen molar-refractivity contribution in [2.75, 3.05) is 0 Å². The molecule has 0 spiro atoms. The molecule has 0 saturated carbocycles. The molecule has 0 aliphatic heterocycles. The highest BCUT2D eigenvalue weighted by Gasteiger charge is 2.08. The maximum atomic E-state index is 10.5.